The van der Waals surface area contributed by atoms with Gasteiger partial charge in [-0.2, -0.15) is 0 Å². The van der Waals surface area contributed by atoms with Crippen molar-refractivity contribution in [1.29, 1.82) is 0 Å². The first-order chi connectivity index (χ1) is 50.7. The van der Waals surface area contributed by atoms with Crippen molar-refractivity contribution in [2.75, 3.05) is 165 Å². The average molecular weight is 1480 g/mol. The monoisotopic (exact) mass is 1480 g/mol. The highest BCUT2D eigenvalue weighted by Crippen LogP contribution is 2.18. The number of hydrogen-bond acceptors (Lipinski definition) is 31. The van der Waals surface area contributed by atoms with E-state index in [0.29, 0.717) is 28.7 Å². The van der Waals surface area contributed by atoms with E-state index in [9.17, 15) is 54.6 Å². The summed E-state index contributed by atoms with van der Waals surface area (Å²) in [4.78, 5) is 57.1. The Kier molecular flexibility index (Phi) is 43.9. The predicted octanol–water partition coefficient (Wildman–Crippen LogP) is -1.14. The van der Waals surface area contributed by atoms with Crippen molar-refractivity contribution in [3.8, 4) is 28.7 Å². The van der Waals surface area contributed by atoms with E-state index < -0.39 is 176 Å². The number of aliphatic carboxylic acids is 5. The predicted molar refractivity (Wildman–Crippen MR) is 358 cm³/mol. The first kappa shape index (κ1) is 87.4. The quantitative estimate of drug-likeness (QED) is 0.0480. The number of aliphatic hydroxyl groups is 1. The van der Waals surface area contributed by atoms with E-state index in [0.717, 1.165) is 0 Å². The molecule has 0 saturated heterocycles. The minimum atomic E-state index is -1.58. The van der Waals surface area contributed by atoms with Crippen LogP contribution in [0.3, 0.4) is 0 Å². The molecule has 10 atom stereocenters. The number of benzene rings is 5. The van der Waals surface area contributed by atoms with Gasteiger partial charge in [0.05, 0.1) is 168 Å². The molecule has 10 unspecified atom stereocenters. The van der Waals surface area contributed by atoms with Gasteiger partial charge in [-0.25, -0.2) is 0 Å². The van der Waals surface area contributed by atoms with Crippen molar-refractivity contribution < 1.29 is 149 Å². The summed E-state index contributed by atoms with van der Waals surface area (Å²) in [7, 11) is 0. The Labute approximate surface area is 610 Å². The van der Waals surface area contributed by atoms with Crippen LogP contribution in [0, 0.1) is 0 Å². The van der Waals surface area contributed by atoms with Crippen LogP contribution in [0.15, 0.2) is 152 Å². The Morgan fingerprint density at radius 3 is 0.648 bits per heavy atom. The first-order valence-electron chi connectivity index (χ1n) is 33.8. The van der Waals surface area contributed by atoms with Crippen molar-refractivity contribution in [2.45, 2.75) is 87.4 Å². The summed E-state index contributed by atoms with van der Waals surface area (Å²) in [5.41, 5.74) is -0.656. The van der Waals surface area contributed by atoms with Gasteiger partial charge in [-0.15, -0.1) is 0 Å². The van der Waals surface area contributed by atoms with Crippen LogP contribution in [0.25, 0.3) is 0 Å². The second-order valence-corrected chi connectivity index (χ2v) is 24.2. The Hall–Kier alpha value is -8.19. The molecule has 0 aliphatic heterocycles. The van der Waals surface area contributed by atoms with Crippen LogP contribution in [0.4, 0.5) is 0 Å². The van der Waals surface area contributed by atoms with E-state index in [1.165, 1.54) is 0 Å². The molecule has 0 heterocycles. The maximum Gasteiger partial charge on any atom is 0.119 e. The minimum absolute atomic E-state index is 0.000364. The Morgan fingerprint density at radius 1 is 0.267 bits per heavy atom. The molecule has 0 saturated carbocycles. The maximum absolute atomic E-state index is 11.6. The number of para-hydroxylation sites is 5. The number of carboxylic acid groups (broad SMARTS) is 5. The van der Waals surface area contributed by atoms with Gasteiger partial charge >= 0.3 is 0 Å². The molecule has 0 radical (unpaired) electrons. The maximum atomic E-state index is 11.6. The number of rotatable bonds is 64. The summed E-state index contributed by atoms with van der Waals surface area (Å²) in [5, 5.41) is 68.0. The number of hydrogen-bond donors (Lipinski definition) is 1. The average Bonchev–Trinajstić information content (AvgIpc) is 0.960. The van der Waals surface area contributed by atoms with Gasteiger partial charge in [-0.05, 0) is 81.4 Å². The normalized spacial score (nSPS) is 14.5. The van der Waals surface area contributed by atoms with E-state index >= 15 is 0 Å². The molecule has 31 heteroatoms. The van der Waals surface area contributed by atoms with E-state index in [4.69, 9.17) is 94.7 Å². The summed E-state index contributed by atoms with van der Waals surface area (Å²) in [6, 6.07) is 45.1. The van der Waals surface area contributed by atoms with Gasteiger partial charge in [0, 0.05) is 0 Å². The molecule has 0 fully saturated rings. The fraction of sp³-hybridized carbons (Fsp3) is 0.527. The number of carbonyl (C=O) groups excluding carboxylic acids is 5. The van der Waals surface area contributed by atoms with Gasteiger partial charge < -0.3 is 149 Å². The fourth-order valence-corrected chi connectivity index (χ4v) is 8.79. The zero-order valence-corrected chi connectivity index (χ0v) is 59.1. The van der Waals surface area contributed by atoms with Crippen molar-refractivity contribution in [1.82, 2.24) is 0 Å². The summed E-state index contributed by atoms with van der Waals surface area (Å²) in [6.45, 7) is -3.53. The summed E-state index contributed by atoms with van der Waals surface area (Å²) >= 11 is 0. The largest absolute Gasteiger partial charge is 0.548 e. The summed E-state index contributed by atoms with van der Waals surface area (Å²) < 4.78 is 120. The highest BCUT2D eigenvalue weighted by molar-refractivity contribution is 5.66. The minimum Gasteiger partial charge on any atom is -0.548 e. The second kappa shape index (κ2) is 52.7. The number of carboxylic acids is 5. The molecular formula is C74H95O31-5. The van der Waals surface area contributed by atoms with E-state index in [2.05, 4.69) is 0 Å². The van der Waals surface area contributed by atoms with Crippen LogP contribution in [0.2, 0.25) is 0 Å². The number of aliphatic hydroxyl groups excluding tert-OH is 1. The first-order valence-corrected chi connectivity index (χ1v) is 33.8. The zero-order valence-electron chi connectivity index (χ0n) is 59.1. The van der Waals surface area contributed by atoms with Gasteiger partial charge in [-0.1, -0.05) is 91.0 Å². The number of ether oxygens (including phenoxy) is 20. The fourth-order valence-electron chi connectivity index (χ4n) is 8.79. The molecule has 0 aliphatic carbocycles. The van der Waals surface area contributed by atoms with Crippen LogP contribution < -0.4 is 49.2 Å². The molecule has 0 bridgehead atoms. The van der Waals surface area contributed by atoms with Crippen molar-refractivity contribution in [2.24, 2.45) is 0 Å². The Morgan fingerprint density at radius 2 is 0.448 bits per heavy atom. The lowest BCUT2D eigenvalue weighted by atomic mass is 10.2. The summed E-state index contributed by atoms with van der Waals surface area (Å²) in [5.74, 6) is -5.00. The van der Waals surface area contributed by atoms with Crippen molar-refractivity contribution >= 4 is 29.8 Å². The molecule has 5 aromatic carbocycles. The highest BCUT2D eigenvalue weighted by atomic mass is 16.6. The van der Waals surface area contributed by atoms with Gasteiger partial charge in [-0.3, -0.25) is 0 Å². The lowest BCUT2D eigenvalue weighted by Crippen LogP contribution is -2.41. The molecule has 5 rings (SSSR count). The third kappa shape index (κ3) is 44.4. The van der Waals surface area contributed by atoms with Crippen LogP contribution >= 0.6 is 0 Å². The van der Waals surface area contributed by atoms with E-state index in [1.807, 2.05) is 60.7 Å². The molecule has 5 aromatic rings. The van der Waals surface area contributed by atoms with Gasteiger partial charge in [0.2, 0.25) is 0 Å². The third-order valence-corrected chi connectivity index (χ3v) is 13.9. The van der Waals surface area contributed by atoms with Crippen LogP contribution in [-0.2, 0) is 95.0 Å². The lowest BCUT2D eigenvalue weighted by Gasteiger charge is -2.28. The molecule has 105 heavy (non-hydrogen) atoms. The van der Waals surface area contributed by atoms with E-state index in [1.54, 1.807) is 112 Å². The van der Waals surface area contributed by atoms with E-state index in [-0.39, 0.29) is 85.9 Å². The van der Waals surface area contributed by atoms with Crippen LogP contribution in [-0.4, -0.2) is 267 Å². The Balaban J connectivity index is 1.34. The van der Waals surface area contributed by atoms with Gasteiger partial charge in [0.1, 0.15) is 123 Å². The lowest BCUT2D eigenvalue weighted by molar-refractivity contribution is -0.312. The standard InChI is InChI=1S/C74H100O31/c1-74(2,3)105-48-64(35-90-53-73(84)85)101-39-63(34-89-52-72(82)83)99-37-61(32-87-50-70(78)79)97-36-60(31-86-49-69(76)77)98-38-62(33-88-51-71(80)81)100-45-66(41-94-57-23-13-6-14-24-57)103-47-68(43-96-59-27-17-8-18-28-59)104-46-67(42-95-58-25-15-7-16-26-58)102-44-65(40-93-56-21-11-5-12-22-56)92-30-54(75)29-91-55-19-9-4-10-20-55/h4-28,54,60-68,75H,29-53H2,1-3H3,(H,76,77)(H,78,79)(H,80,81)(H,82,83)(H,84,85)/p-5. The SMILES string of the molecule is CC(C)(C)OCC(COCC(=O)[O-])OCC(COCC(=O)[O-])OCC(COCC(=O)[O-])OCC(COCC(=O)[O-])OCC(COCC(=O)[O-])OCC(COc1ccccc1)OCC(COc1ccccc1)OCC(COc1ccccc1)OCC(COc1ccccc1)OCC(O)COc1ccccc1. The molecule has 0 spiro atoms. The highest BCUT2D eigenvalue weighted by Gasteiger charge is 2.27. The number of carbonyl (C=O) groups is 5. The smallest absolute Gasteiger partial charge is 0.119 e. The van der Waals surface area contributed by atoms with Crippen LogP contribution in [0.5, 0.6) is 28.7 Å². The molecule has 1 N–H and O–H groups in total. The molecule has 0 aromatic heterocycles. The van der Waals surface area contributed by atoms with Crippen molar-refractivity contribution in [3.63, 3.8) is 0 Å². The van der Waals surface area contributed by atoms with Gasteiger partial charge in [0.25, 0.3) is 0 Å². The molecule has 0 aliphatic rings. The summed E-state index contributed by atoms with van der Waals surface area (Å²) in [6.07, 6.45) is -9.72. The molecule has 0 amide bonds. The Bertz CT molecular complexity index is 3060. The second-order valence-electron chi connectivity index (χ2n) is 24.2. The third-order valence-electron chi connectivity index (χ3n) is 13.9. The topological polar surface area (TPSA) is 405 Å². The van der Waals surface area contributed by atoms with Crippen molar-refractivity contribution in [3.05, 3.63) is 152 Å². The molecular weight excluding hydrogens is 1380 g/mol. The van der Waals surface area contributed by atoms with Gasteiger partial charge in [0.15, 0.2) is 0 Å². The van der Waals surface area contributed by atoms with Crippen LogP contribution in [0.1, 0.15) is 20.8 Å². The molecule has 582 valence electrons. The molecule has 31 nitrogen and oxygen atoms in total. The zero-order chi connectivity index (χ0) is 75.5.